The summed E-state index contributed by atoms with van der Waals surface area (Å²) < 4.78 is 31.2. The first-order valence-corrected chi connectivity index (χ1v) is 6.40. The summed E-state index contributed by atoms with van der Waals surface area (Å²) >= 11 is 5.81. The van der Waals surface area contributed by atoms with E-state index in [1.54, 1.807) is 0 Å². The van der Waals surface area contributed by atoms with Gasteiger partial charge in [0.1, 0.15) is 5.75 Å². The molecule has 0 saturated carbocycles. The number of hydrogen-bond acceptors (Lipinski definition) is 4. The molecule has 0 saturated heterocycles. The minimum absolute atomic E-state index is 0.0532. The lowest BCUT2D eigenvalue weighted by molar-refractivity contribution is -0.164. The van der Waals surface area contributed by atoms with E-state index in [9.17, 15) is 18.7 Å². The van der Waals surface area contributed by atoms with Crippen LogP contribution in [0.1, 0.15) is 23.7 Å². The molecule has 114 valence electrons. The lowest BCUT2D eigenvalue weighted by Crippen LogP contribution is -2.51. The van der Waals surface area contributed by atoms with Gasteiger partial charge in [-0.25, -0.2) is 8.78 Å². The first kappa shape index (κ1) is 15.7. The van der Waals surface area contributed by atoms with Gasteiger partial charge in [-0.1, -0.05) is 11.6 Å². The molecule has 0 aliphatic carbocycles. The van der Waals surface area contributed by atoms with Crippen molar-refractivity contribution in [2.45, 2.75) is 25.5 Å². The number of carbonyl (C=O) groups excluding carboxylic acids is 1. The van der Waals surface area contributed by atoms with Crippen LogP contribution >= 0.6 is 11.6 Å². The summed E-state index contributed by atoms with van der Waals surface area (Å²) in [7, 11) is 1.33. The molecule has 0 radical (unpaired) electrons. The Balaban J connectivity index is 2.46. The molecule has 1 heterocycles. The zero-order valence-electron chi connectivity index (χ0n) is 11.3. The Morgan fingerprint density at radius 1 is 1.57 bits per heavy atom. The van der Waals surface area contributed by atoms with Crippen molar-refractivity contribution >= 4 is 23.2 Å². The maximum absolute atomic E-state index is 13.1. The van der Waals surface area contributed by atoms with E-state index in [1.165, 1.54) is 32.2 Å². The minimum Gasteiger partial charge on any atom is -0.496 e. The number of rotatable bonds is 3. The fourth-order valence-corrected chi connectivity index (χ4v) is 2.27. The Labute approximate surface area is 124 Å². The number of hydrogen-bond donors (Lipinski definition) is 1. The predicted molar refractivity (Wildman–Crippen MR) is 72.9 cm³/mol. The number of alkyl halides is 2. The highest BCUT2D eigenvalue weighted by molar-refractivity contribution is 6.31. The van der Waals surface area contributed by atoms with E-state index in [4.69, 9.17) is 16.3 Å². The monoisotopic (exact) mass is 318 g/mol. The number of amides is 1. The van der Waals surface area contributed by atoms with Crippen LogP contribution in [-0.4, -0.2) is 41.0 Å². The van der Waals surface area contributed by atoms with Gasteiger partial charge in [0, 0.05) is 17.2 Å². The number of aliphatic hydroxyl groups is 1. The van der Waals surface area contributed by atoms with E-state index in [1.807, 2.05) is 0 Å². The number of halogens is 3. The smallest absolute Gasteiger partial charge is 0.287 e. The summed E-state index contributed by atoms with van der Waals surface area (Å²) in [6.45, 7) is 1.45. The molecule has 1 amide bonds. The average molecular weight is 319 g/mol. The van der Waals surface area contributed by atoms with Gasteiger partial charge in [0.2, 0.25) is 5.72 Å². The van der Waals surface area contributed by atoms with Gasteiger partial charge in [-0.3, -0.25) is 4.79 Å². The van der Waals surface area contributed by atoms with Gasteiger partial charge in [0.25, 0.3) is 12.3 Å². The van der Waals surface area contributed by atoms with Crippen LogP contribution in [-0.2, 0) is 0 Å². The molecule has 1 atom stereocenters. The third-order valence-electron chi connectivity index (χ3n) is 3.09. The number of hydrazone groups is 1. The molecule has 1 aliphatic rings. The fourth-order valence-electron chi connectivity index (χ4n) is 2.10. The van der Waals surface area contributed by atoms with E-state index >= 15 is 0 Å². The van der Waals surface area contributed by atoms with Crippen LogP contribution in [0.5, 0.6) is 5.75 Å². The largest absolute Gasteiger partial charge is 0.496 e. The highest BCUT2D eigenvalue weighted by Gasteiger charge is 2.51. The van der Waals surface area contributed by atoms with Crippen LogP contribution < -0.4 is 4.74 Å². The quantitative estimate of drug-likeness (QED) is 0.931. The topological polar surface area (TPSA) is 62.1 Å². The van der Waals surface area contributed by atoms with E-state index in [0.29, 0.717) is 5.01 Å². The molecule has 2 rings (SSSR count). The molecular weight excluding hydrogens is 306 g/mol. The minimum atomic E-state index is -3.16. The van der Waals surface area contributed by atoms with Gasteiger partial charge in [-0.05, 0) is 25.1 Å². The third kappa shape index (κ3) is 2.71. The summed E-state index contributed by atoms with van der Waals surface area (Å²) in [5, 5.41) is 14.4. The van der Waals surface area contributed by atoms with Crippen LogP contribution in [0.3, 0.4) is 0 Å². The summed E-state index contributed by atoms with van der Waals surface area (Å²) in [5.41, 5.74) is -2.48. The Morgan fingerprint density at radius 2 is 2.24 bits per heavy atom. The van der Waals surface area contributed by atoms with Crippen LogP contribution in [0.2, 0.25) is 5.02 Å². The maximum Gasteiger partial charge on any atom is 0.287 e. The molecule has 0 spiro atoms. The molecule has 1 N–H and O–H groups in total. The summed E-state index contributed by atoms with van der Waals surface area (Å²) in [6, 6.07) is 4.20. The first-order chi connectivity index (χ1) is 9.79. The number of nitrogens with zero attached hydrogens (tertiary/aromatic N) is 2. The molecule has 8 heteroatoms. The maximum atomic E-state index is 13.1. The van der Waals surface area contributed by atoms with E-state index in [2.05, 4.69) is 5.10 Å². The van der Waals surface area contributed by atoms with Crippen LogP contribution in [0.25, 0.3) is 0 Å². The van der Waals surface area contributed by atoms with Gasteiger partial charge >= 0.3 is 0 Å². The lowest BCUT2D eigenvalue weighted by atomic mass is 10.1. The Kier molecular flexibility index (Phi) is 4.15. The fraction of sp³-hybridized carbons (Fsp3) is 0.385. The Hall–Kier alpha value is -1.73. The molecule has 5 nitrogen and oxygen atoms in total. The first-order valence-electron chi connectivity index (χ1n) is 6.02. The van der Waals surface area contributed by atoms with Crippen LogP contribution in [0.15, 0.2) is 23.3 Å². The van der Waals surface area contributed by atoms with E-state index < -0.39 is 24.5 Å². The van der Waals surface area contributed by atoms with Crippen molar-refractivity contribution in [3.05, 3.63) is 28.8 Å². The van der Waals surface area contributed by atoms with Gasteiger partial charge in [0.05, 0.1) is 12.7 Å². The van der Waals surface area contributed by atoms with Gasteiger partial charge < -0.3 is 9.84 Å². The molecule has 21 heavy (non-hydrogen) atoms. The van der Waals surface area contributed by atoms with Crippen LogP contribution in [0.4, 0.5) is 8.78 Å². The average Bonchev–Trinajstić information content (AvgIpc) is 2.74. The van der Waals surface area contributed by atoms with Crippen molar-refractivity contribution in [2.75, 3.05) is 7.11 Å². The van der Waals surface area contributed by atoms with Crippen molar-refractivity contribution in [1.82, 2.24) is 5.01 Å². The normalized spacial score (nSPS) is 21.7. The summed E-state index contributed by atoms with van der Waals surface area (Å²) in [5.74, 6) is -0.755. The predicted octanol–water partition coefficient (Wildman–Crippen LogP) is 2.52. The number of benzene rings is 1. The van der Waals surface area contributed by atoms with Crippen molar-refractivity contribution < 1.29 is 23.4 Å². The molecule has 0 aromatic heterocycles. The molecular formula is C13H13ClF2N2O3. The van der Waals surface area contributed by atoms with Crippen molar-refractivity contribution in [3.63, 3.8) is 0 Å². The Morgan fingerprint density at radius 3 is 2.81 bits per heavy atom. The molecule has 1 unspecified atom stereocenters. The summed E-state index contributed by atoms with van der Waals surface area (Å²) in [4.78, 5) is 12.4. The number of carbonyl (C=O) groups is 1. The van der Waals surface area contributed by atoms with Crippen molar-refractivity contribution in [1.29, 1.82) is 0 Å². The van der Waals surface area contributed by atoms with Crippen LogP contribution in [0, 0.1) is 0 Å². The van der Waals surface area contributed by atoms with Gasteiger partial charge in [0.15, 0.2) is 0 Å². The zero-order valence-corrected chi connectivity index (χ0v) is 12.1. The van der Waals surface area contributed by atoms with Gasteiger partial charge in [-0.2, -0.15) is 10.1 Å². The Bertz CT molecular complexity index is 609. The lowest BCUT2D eigenvalue weighted by Gasteiger charge is -2.30. The van der Waals surface area contributed by atoms with E-state index in [-0.39, 0.29) is 22.0 Å². The molecule has 1 aliphatic heterocycles. The van der Waals surface area contributed by atoms with E-state index in [0.717, 1.165) is 0 Å². The molecule has 1 aromatic carbocycles. The second-order valence-corrected chi connectivity index (χ2v) is 5.09. The molecule has 0 bridgehead atoms. The molecule has 0 fully saturated rings. The SMILES string of the molecule is COc1ccc(Cl)cc1C(=O)N1N=C(C)CC1(O)C(F)F. The second-order valence-electron chi connectivity index (χ2n) is 4.65. The van der Waals surface area contributed by atoms with Gasteiger partial charge in [-0.15, -0.1) is 0 Å². The highest BCUT2D eigenvalue weighted by atomic mass is 35.5. The van der Waals surface area contributed by atoms with Crippen molar-refractivity contribution in [3.8, 4) is 5.75 Å². The number of ether oxygens (including phenoxy) is 1. The standard InChI is InChI=1S/C13H13ClF2N2O3/c1-7-6-13(20,12(15)16)18(17-7)11(19)9-5-8(14)3-4-10(9)21-2/h3-5,12,20H,6H2,1-2H3. The van der Waals surface area contributed by atoms with Crippen molar-refractivity contribution in [2.24, 2.45) is 5.10 Å². The summed E-state index contributed by atoms with van der Waals surface area (Å²) in [6.07, 6.45) is -3.58. The third-order valence-corrected chi connectivity index (χ3v) is 3.32. The number of methoxy groups -OCH3 is 1. The highest BCUT2D eigenvalue weighted by Crippen LogP contribution is 2.34. The molecule has 1 aromatic rings. The second kappa shape index (κ2) is 5.57. The zero-order chi connectivity index (χ0) is 15.8.